The minimum atomic E-state index is 0. The normalized spacial score (nSPS) is 11.2. The van der Waals surface area contributed by atoms with Gasteiger partial charge in [0, 0.05) is 38.3 Å². The first kappa shape index (κ1) is 20.5. The number of furan rings is 1. The van der Waals surface area contributed by atoms with Crippen LogP contribution in [-0.4, -0.2) is 28.8 Å². The molecule has 6 nitrogen and oxygen atoms in total. The second-order valence-corrected chi connectivity index (χ2v) is 5.48. The molecule has 0 aliphatic heterocycles. The molecular formula is C17H28IN5O. The predicted octanol–water partition coefficient (Wildman–Crippen LogP) is 2.88. The number of aryl methyl sites for hydroxylation is 2. The van der Waals surface area contributed by atoms with Crippen molar-refractivity contribution in [3.63, 3.8) is 0 Å². The van der Waals surface area contributed by atoms with Crippen LogP contribution in [0.1, 0.15) is 37.3 Å². The number of hydrogen-bond donors (Lipinski definition) is 2. The van der Waals surface area contributed by atoms with E-state index >= 15 is 0 Å². The minimum Gasteiger partial charge on any atom is -0.469 e. The van der Waals surface area contributed by atoms with E-state index in [0.717, 1.165) is 49.8 Å². The lowest BCUT2D eigenvalue weighted by molar-refractivity contribution is 0.506. The lowest BCUT2D eigenvalue weighted by Gasteiger charge is -2.11. The first-order valence-electron chi connectivity index (χ1n) is 8.28. The summed E-state index contributed by atoms with van der Waals surface area (Å²) in [5, 5.41) is 11.2. The van der Waals surface area contributed by atoms with Crippen molar-refractivity contribution in [1.29, 1.82) is 0 Å². The van der Waals surface area contributed by atoms with Crippen LogP contribution in [0.3, 0.4) is 0 Å². The van der Waals surface area contributed by atoms with E-state index in [4.69, 9.17) is 4.42 Å². The van der Waals surface area contributed by atoms with Gasteiger partial charge in [-0.25, -0.2) is 4.99 Å². The summed E-state index contributed by atoms with van der Waals surface area (Å²) in [4.78, 5) is 4.68. The Bertz CT molecular complexity index is 607. The maximum Gasteiger partial charge on any atom is 0.191 e. The zero-order valence-electron chi connectivity index (χ0n) is 14.7. The first-order chi connectivity index (χ1) is 11.2. The topological polar surface area (TPSA) is 67.4 Å². The van der Waals surface area contributed by atoms with Gasteiger partial charge in [0.2, 0.25) is 0 Å². The van der Waals surface area contributed by atoms with Gasteiger partial charge in [0.15, 0.2) is 5.96 Å². The zero-order valence-corrected chi connectivity index (χ0v) is 17.0. The number of nitrogens with zero attached hydrogens (tertiary/aromatic N) is 3. The number of guanidine groups is 1. The zero-order chi connectivity index (χ0) is 16.5. The van der Waals surface area contributed by atoms with E-state index in [1.807, 2.05) is 30.1 Å². The van der Waals surface area contributed by atoms with E-state index < -0.39 is 0 Å². The molecule has 2 heterocycles. The SMILES string of the molecule is CCCNC(=NCc1cn(C)nc1CC)NCCc1ccco1.I. The molecule has 2 aromatic heterocycles. The van der Waals surface area contributed by atoms with Crippen molar-refractivity contribution in [2.45, 2.75) is 39.7 Å². The van der Waals surface area contributed by atoms with Crippen molar-refractivity contribution < 1.29 is 4.42 Å². The summed E-state index contributed by atoms with van der Waals surface area (Å²) in [5.41, 5.74) is 2.29. The molecule has 0 atom stereocenters. The molecule has 2 rings (SSSR count). The molecule has 0 saturated heterocycles. The van der Waals surface area contributed by atoms with Gasteiger partial charge in [0.1, 0.15) is 5.76 Å². The van der Waals surface area contributed by atoms with E-state index in [0.29, 0.717) is 6.54 Å². The number of aromatic nitrogens is 2. The second kappa shape index (κ2) is 11.1. The lowest BCUT2D eigenvalue weighted by atomic mass is 10.2. The monoisotopic (exact) mass is 445 g/mol. The van der Waals surface area contributed by atoms with Crippen molar-refractivity contribution in [3.05, 3.63) is 41.6 Å². The molecule has 2 aromatic rings. The molecule has 0 spiro atoms. The number of rotatable bonds is 8. The van der Waals surface area contributed by atoms with Crippen LogP contribution in [0.4, 0.5) is 0 Å². The number of aliphatic imine (C=N–C) groups is 1. The summed E-state index contributed by atoms with van der Waals surface area (Å²) in [5.74, 6) is 1.82. The van der Waals surface area contributed by atoms with Crippen molar-refractivity contribution >= 4 is 29.9 Å². The van der Waals surface area contributed by atoms with Crippen LogP contribution < -0.4 is 10.6 Å². The second-order valence-electron chi connectivity index (χ2n) is 5.48. The van der Waals surface area contributed by atoms with Crippen LogP contribution in [0.2, 0.25) is 0 Å². The third kappa shape index (κ3) is 6.54. The van der Waals surface area contributed by atoms with Crippen molar-refractivity contribution in [2.75, 3.05) is 13.1 Å². The molecule has 0 bridgehead atoms. The maximum absolute atomic E-state index is 5.35. The third-order valence-electron chi connectivity index (χ3n) is 3.52. The smallest absolute Gasteiger partial charge is 0.191 e. The Labute approximate surface area is 161 Å². The molecule has 0 saturated carbocycles. The molecule has 7 heteroatoms. The maximum atomic E-state index is 5.35. The summed E-state index contributed by atoms with van der Waals surface area (Å²) in [6, 6.07) is 3.90. The summed E-state index contributed by atoms with van der Waals surface area (Å²) >= 11 is 0. The Balaban J connectivity index is 0.00000288. The highest BCUT2D eigenvalue weighted by Crippen LogP contribution is 2.08. The molecule has 0 amide bonds. The molecule has 0 unspecified atom stereocenters. The highest BCUT2D eigenvalue weighted by atomic mass is 127. The number of halogens is 1. The van der Waals surface area contributed by atoms with Crippen LogP contribution in [-0.2, 0) is 26.4 Å². The van der Waals surface area contributed by atoms with Gasteiger partial charge in [-0.3, -0.25) is 4.68 Å². The van der Waals surface area contributed by atoms with E-state index in [1.165, 1.54) is 5.56 Å². The Kier molecular flexibility index (Phi) is 9.51. The Morgan fingerprint density at radius 3 is 2.75 bits per heavy atom. The van der Waals surface area contributed by atoms with Crippen LogP contribution >= 0.6 is 24.0 Å². The van der Waals surface area contributed by atoms with Gasteiger partial charge in [0.05, 0.1) is 18.5 Å². The Hall–Kier alpha value is -1.51. The van der Waals surface area contributed by atoms with Gasteiger partial charge in [0.25, 0.3) is 0 Å². The van der Waals surface area contributed by atoms with Crippen LogP contribution in [0.15, 0.2) is 34.0 Å². The molecule has 0 aliphatic rings. The average Bonchev–Trinajstić information content (AvgIpc) is 3.18. The molecular weight excluding hydrogens is 417 g/mol. The number of nitrogens with one attached hydrogen (secondary N) is 2. The minimum absolute atomic E-state index is 0. The van der Waals surface area contributed by atoms with Gasteiger partial charge in [-0.1, -0.05) is 13.8 Å². The summed E-state index contributed by atoms with van der Waals surface area (Å²) in [6.07, 6.45) is 6.57. The highest BCUT2D eigenvalue weighted by molar-refractivity contribution is 14.0. The summed E-state index contributed by atoms with van der Waals surface area (Å²) in [7, 11) is 1.95. The van der Waals surface area contributed by atoms with Gasteiger partial charge in [-0.15, -0.1) is 24.0 Å². The fraction of sp³-hybridized carbons (Fsp3) is 0.529. The molecule has 24 heavy (non-hydrogen) atoms. The largest absolute Gasteiger partial charge is 0.469 e. The highest BCUT2D eigenvalue weighted by Gasteiger charge is 2.06. The van der Waals surface area contributed by atoms with Crippen molar-refractivity contribution in [3.8, 4) is 0 Å². The van der Waals surface area contributed by atoms with E-state index in [1.54, 1.807) is 6.26 Å². The molecule has 0 aliphatic carbocycles. The lowest BCUT2D eigenvalue weighted by Crippen LogP contribution is -2.38. The predicted molar refractivity (Wildman–Crippen MR) is 108 cm³/mol. The average molecular weight is 445 g/mol. The summed E-state index contributed by atoms with van der Waals surface area (Å²) in [6.45, 7) is 6.59. The summed E-state index contributed by atoms with van der Waals surface area (Å²) < 4.78 is 7.20. The fourth-order valence-corrected chi connectivity index (χ4v) is 2.35. The van der Waals surface area contributed by atoms with Crippen LogP contribution in [0.25, 0.3) is 0 Å². The van der Waals surface area contributed by atoms with Gasteiger partial charge >= 0.3 is 0 Å². The van der Waals surface area contributed by atoms with Crippen LogP contribution in [0.5, 0.6) is 0 Å². The Morgan fingerprint density at radius 2 is 2.08 bits per heavy atom. The van der Waals surface area contributed by atoms with E-state index in [-0.39, 0.29) is 24.0 Å². The van der Waals surface area contributed by atoms with Gasteiger partial charge < -0.3 is 15.1 Å². The first-order valence-corrected chi connectivity index (χ1v) is 8.28. The molecule has 0 fully saturated rings. The Morgan fingerprint density at radius 1 is 1.29 bits per heavy atom. The van der Waals surface area contributed by atoms with E-state index in [2.05, 4.69) is 34.6 Å². The standard InChI is InChI=1S/C17H27N5O.HI/c1-4-9-18-17(19-10-8-15-7-6-11-23-15)20-12-14-13-22(3)21-16(14)5-2;/h6-7,11,13H,4-5,8-10,12H2,1-3H3,(H2,18,19,20);1H. The van der Waals surface area contributed by atoms with Gasteiger partial charge in [-0.2, -0.15) is 5.10 Å². The third-order valence-corrected chi connectivity index (χ3v) is 3.52. The van der Waals surface area contributed by atoms with E-state index in [9.17, 15) is 0 Å². The van der Waals surface area contributed by atoms with Crippen molar-refractivity contribution in [2.24, 2.45) is 12.0 Å². The molecule has 0 radical (unpaired) electrons. The molecule has 2 N–H and O–H groups in total. The fourth-order valence-electron chi connectivity index (χ4n) is 2.35. The number of hydrogen-bond acceptors (Lipinski definition) is 3. The van der Waals surface area contributed by atoms with Crippen LogP contribution in [0, 0.1) is 0 Å². The van der Waals surface area contributed by atoms with Crippen molar-refractivity contribution in [1.82, 2.24) is 20.4 Å². The molecule has 0 aromatic carbocycles. The van der Waals surface area contributed by atoms with Gasteiger partial charge in [-0.05, 0) is 25.0 Å². The molecule has 134 valence electrons. The quantitative estimate of drug-likeness (QED) is 0.373.